The summed E-state index contributed by atoms with van der Waals surface area (Å²) in [6.45, 7) is 1.40. The summed E-state index contributed by atoms with van der Waals surface area (Å²) in [5.74, 6) is 0. The van der Waals surface area contributed by atoms with Crippen molar-refractivity contribution in [3.05, 3.63) is 0 Å². The van der Waals surface area contributed by atoms with Crippen molar-refractivity contribution in [3.8, 4) is 0 Å². The summed E-state index contributed by atoms with van der Waals surface area (Å²) >= 11 is 0. The molecule has 1 N–H and O–H groups in total. The molecule has 3 fully saturated rings. The molecule has 2 unspecified atom stereocenters. The van der Waals surface area contributed by atoms with E-state index < -0.39 is 10.2 Å². The lowest BCUT2D eigenvalue weighted by atomic mass is 10.0. The zero-order valence-electron chi connectivity index (χ0n) is 12.8. The van der Waals surface area contributed by atoms with E-state index in [2.05, 4.69) is 5.32 Å². The average Bonchev–Trinajstić information content (AvgIpc) is 2.68. The first kappa shape index (κ1) is 17.5. The van der Waals surface area contributed by atoms with Gasteiger partial charge in [0.25, 0.3) is 10.2 Å². The second-order valence-corrected chi connectivity index (χ2v) is 8.59. The Hall–Kier alpha value is 0.120. The van der Waals surface area contributed by atoms with Gasteiger partial charge >= 0.3 is 0 Å². The van der Waals surface area contributed by atoms with Crippen LogP contribution in [0, 0.1) is 0 Å². The van der Waals surface area contributed by atoms with Crippen molar-refractivity contribution < 1.29 is 8.42 Å². The van der Waals surface area contributed by atoms with E-state index in [9.17, 15) is 8.42 Å². The summed E-state index contributed by atoms with van der Waals surface area (Å²) < 4.78 is 29.0. The fourth-order valence-corrected chi connectivity index (χ4v) is 5.60. The number of nitrogens with zero attached hydrogens (tertiary/aromatic N) is 2. The number of piperidine rings is 1. The molecule has 124 valence electrons. The number of rotatable bonds is 3. The van der Waals surface area contributed by atoms with Gasteiger partial charge in [-0.25, -0.2) is 0 Å². The largest absolute Gasteiger partial charge is 0.311 e. The molecule has 0 saturated carbocycles. The Morgan fingerprint density at radius 3 is 2.05 bits per heavy atom. The molecular formula is C14H28ClN3O2S. The third-order valence-electron chi connectivity index (χ3n) is 5.22. The molecule has 0 aromatic heterocycles. The van der Waals surface area contributed by atoms with Crippen molar-refractivity contribution >= 4 is 22.6 Å². The van der Waals surface area contributed by atoms with E-state index in [0.717, 1.165) is 38.5 Å². The molecule has 7 heteroatoms. The second-order valence-electron chi connectivity index (χ2n) is 6.60. The monoisotopic (exact) mass is 337 g/mol. The van der Waals surface area contributed by atoms with Gasteiger partial charge in [-0.05, 0) is 38.5 Å². The summed E-state index contributed by atoms with van der Waals surface area (Å²) in [6.07, 6.45) is 8.69. The van der Waals surface area contributed by atoms with E-state index in [1.54, 1.807) is 15.7 Å². The predicted octanol–water partition coefficient (Wildman–Crippen LogP) is 1.74. The molecule has 0 spiro atoms. The quantitative estimate of drug-likeness (QED) is 0.853. The molecule has 0 radical (unpaired) electrons. The fraction of sp³-hybridized carbons (Fsp3) is 1.00. The summed E-state index contributed by atoms with van der Waals surface area (Å²) in [5.41, 5.74) is 0. The summed E-state index contributed by atoms with van der Waals surface area (Å²) in [7, 11) is -1.48. The highest BCUT2D eigenvalue weighted by Crippen LogP contribution is 2.31. The van der Waals surface area contributed by atoms with Crippen LogP contribution in [0.4, 0.5) is 0 Å². The lowest BCUT2D eigenvalue weighted by Gasteiger charge is -2.37. The van der Waals surface area contributed by atoms with Gasteiger partial charge in [0.05, 0.1) is 0 Å². The summed E-state index contributed by atoms with van der Waals surface area (Å²) in [4.78, 5) is 0. The summed E-state index contributed by atoms with van der Waals surface area (Å²) in [5, 5.41) is 3.58. The van der Waals surface area contributed by atoms with E-state index in [-0.39, 0.29) is 18.4 Å². The molecule has 3 saturated heterocycles. The van der Waals surface area contributed by atoms with Gasteiger partial charge in [-0.1, -0.05) is 12.8 Å². The molecule has 3 rings (SSSR count). The lowest BCUT2D eigenvalue weighted by molar-refractivity contribution is 0.236. The van der Waals surface area contributed by atoms with Crippen molar-refractivity contribution in [2.24, 2.45) is 0 Å². The van der Waals surface area contributed by atoms with Crippen molar-refractivity contribution in [1.82, 2.24) is 13.9 Å². The van der Waals surface area contributed by atoms with Crippen LogP contribution in [0.3, 0.4) is 0 Å². The standard InChI is InChI=1S/C14H27N3O2S.ClH/c1-16(14-10-12-6-7-13(11-14)15-12)20(18,19)17-8-4-2-3-5-9-17;/h12-15H,2-11H2,1H3;1H. The Morgan fingerprint density at radius 1 is 1.00 bits per heavy atom. The van der Waals surface area contributed by atoms with Gasteiger partial charge in [0.15, 0.2) is 0 Å². The average molecular weight is 338 g/mol. The molecule has 3 heterocycles. The molecule has 3 aliphatic heterocycles. The normalized spacial score (nSPS) is 34.5. The second kappa shape index (κ2) is 7.13. The van der Waals surface area contributed by atoms with Crippen LogP contribution in [0.5, 0.6) is 0 Å². The predicted molar refractivity (Wildman–Crippen MR) is 86.9 cm³/mol. The van der Waals surface area contributed by atoms with Crippen LogP contribution in [-0.4, -0.2) is 55.3 Å². The Labute approximate surface area is 135 Å². The van der Waals surface area contributed by atoms with Gasteiger partial charge in [0.1, 0.15) is 0 Å². The zero-order valence-corrected chi connectivity index (χ0v) is 14.5. The Bertz CT molecular complexity index is 426. The van der Waals surface area contributed by atoms with Gasteiger partial charge in [0, 0.05) is 38.3 Å². The highest BCUT2D eigenvalue weighted by Gasteiger charge is 2.40. The van der Waals surface area contributed by atoms with Crippen LogP contribution < -0.4 is 5.32 Å². The molecule has 3 aliphatic rings. The molecule has 0 aromatic rings. The van der Waals surface area contributed by atoms with Crippen molar-refractivity contribution in [1.29, 1.82) is 0 Å². The van der Waals surface area contributed by atoms with Crippen LogP contribution in [0.15, 0.2) is 0 Å². The van der Waals surface area contributed by atoms with Crippen LogP contribution in [0.25, 0.3) is 0 Å². The minimum Gasteiger partial charge on any atom is -0.311 e. The highest BCUT2D eigenvalue weighted by molar-refractivity contribution is 7.86. The molecule has 21 heavy (non-hydrogen) atoms. The first-order valence-corrected chi connectivity index (χ1v) is 9.46. The van der Waals surface area contributed by atoms with Gasteiger partial charge in [0.2, 0.25) is 0 Å². The van der Waals surface area contributed by atoms with Gasteiger partial charge in [-0.15, -0.1) is 12.4 Å². The lowest BCUT2D eigenvalue weighted by Crippen LogP contribution is -2.52. The number of hydrogen-bond acceptors (Lipinski definition) is 3. The van der Waals surface area contributed by atoms with Gasteiger partial charge in [-0.3, -0.25) is 0 Å². The van der Waals surface area contributed by atoms with Crippen molar-refractivity contribution in [3.63, 3.8) is 0 Å². The maximum absolute atomic E-state index is 12.8. The van der Waals surface area contributed by atoms with E-state index in [1.807, 2.05) is 0 Å². The van der Waals surface area contributed by atoms with E-state index in [4.69, 9.17) is 0 Å². The van der Waals surface area contributed by atoms with Crippen LogP contribution in [0.1, 0.15) is 51.4 Å². The maximum atomic E-state index is 12.8. The van der Waals surface area contributed by atoms with Crippen molar-refractivity contribution in [2.45, 2.75) is 69.5 Å². The van der Waals surface area contributed by atoms with E-state index >= 15 is 0 Å². The molecular weight excluding hydrogens is 310 g/mol. The third kappa shape index (κ3) is 3.72. The minimum absolute atomic E-state index is 0. The van der Waals surface area contributed by atoms with Gasteiger partial charge in [-0.2, -0.15) is 17.0 Å². The molecule has 2 atom stereocenters. The SMILES string of the molecule is CN(C1CC2CCC(C1)N2)S(=O)(=O)N1CCCCCC1.Cl. The molecule has 2 bridgehead atoms. The fourth-order valence-electron chi connectivity index (χ4n) is 3.97. The zero-order chi connectivity index (χ0) is 14.2. The molecule has 0 amide bonds. The number of hydrogen-bond donors (Lipinski definition) is 1. The molecule has 0 aromatic carbocycles. The van der Waals surface area contributed by atoms with Gasteiger partial charge < -0.3 is 5.32 Å². The van der Waals surface area contributed by atoms with E-state index in [1.165, 1.54) is 12.8 Å². The Balaban J connectivity index is 0.00000161. The van der Waals surface area contributed by atoms with Crippen LogP contribution in [-0.2, 0) is 10.2 Å². The first-order valence-electron chi connectivity index (χ1n) is 8.06. The van der Waals surface area contributed by atoms with Crippen LogP contribution >= 0.6 is 12.4 Å². The van der Waals surface area contributed by atoms with E-state index in [0.29, 0.717) is 25.2 Å². The smallest absolute Gasteiger partial charge is 0.281 e. The Kier molecular flexibility index (Phi) is 5.93. The Morgan fingerprint density at radius 2 is 1.52 bits per heavy atom. The topological polar surface area (TPSA) is 52.7 Å². The number of nitrogens with one attached hydrogen (secondary N) is 1. The summed E-state index contributed by atoms with van der Waals surface area (Å²) in [6, 6.07) is 1.24. The molecule has 5 nitrogen and oxygen atoms in total. The maximum Gasteiger partial charge on any atom is 0.281 e. The molecule has 0 aliphatic carbocycles. The first-order chi connectivity index (χ1) is 9.57. The van der Waals surface area contributed by atoms with Crippen molar-refractivity contribution in [2.75, 3.05) is 20.1 Å². The van der Waals surface area contributed by atoms with Crippen LogP contribution in [0.2, 0.25) is 0 Å². The third-order valence-corrected chi connectivity index (χ3v) is 7.26. The number of fused-ring (bicyclic) bond motifs is 2. The number of halogens is 1. The minimum atomic E-state index is -3.27. The highest BCUT2D eigenvalue weighted by atomic mass is 35.5.